The van der Waals surface area contributed by atoms with Crippen LogP contribution in [0.1, 0.15) is 17.0 Å². The maximum absolute atomic E-state index is 13.6. The van der Waals surface area contributed by atoms with E-state index in [0.29, 0.717) is 5.75 Å². The SMILES string of the molecule is Cc1ccc(C)c(OCc2nnc(SCC(=O)Nc3ccc(F)c(F)c3F)o2)c1. The molecule has 0 fully saturated rings. The molecule has 1 aromatic heterocycles. The number of aryl methyl sites for hydroxylation is 2. The molecule has 0 aliphatic heterocycles. The van der Waals surface area contributed by atoms with Crippen LogP contribution in [-0.4, -0.2) is 21.9 Å². The molecule has 0 atom stereocenters. The Kier molecular flexibility index (Phi) is 6.42. The molecule has 0 bridgehead atoms. The summed E-state index contributed by atoms with van der Waals surface area (Å²) in [6, 6.07) is 7.46. The minimum absolute atomic E-state index is 0.0596. The Balaban J connectivity index is 1.52. The molecule has 1 amide bonds. The maximum atomic E-state index is 13.6. The number of carbonyl (C=O) groups excluding carboxylic acids is 1. The fourth-order valence-electron chi connectivity index (χ4n) is 2.29. The van der Waals surface area contributed by atoms with Gasteiger partial charge in [0.15, 0.2) is 24.1 Å². The molecule has 0 aliphatic carbocycles. The predicted octanol–water partition coefficient (Wildman–Crippen LogP) is 4.41. The summed E-state index contributed by atoms with van der Waals surface area (Å²) in [6.07, 6.45) is 0. The van der Waals surface area contributed by atoms with Crippen molar-refractivity contribution in [3.8, 4) is 5.75 Å². The molecule has 0 aliphatic rings. The van der Waals surface area contributed by atoms with Crippen molar-refractivity contribution < 1.29 is 27.1 Å². The number of hydrogen-bond acceptors (Lipinski definition) is 6. The van der Waals surface area contributed by atoms with E-state index < -0.39 is 29.0 Å². The molecule has 3 aromatic rings. The van der Waals surface area contributed by atoms with Crippen LogP contribution in [0.25, 0.3) is 0 Å². The van der Waals surface area contributed by atoms with Crippen LogP contribution in [0.3, 0.4) is 0 Å². The number of aromatic nitrogens is 2. The predicted molar refractivity (Wildman–Crippen MR) is 100 cm³/mol. The van der Waals surface area contributed by atoms with Gasteiger partial charge in [0.2, 0.25) is 5.91 Å². The minimum Gasteiger partial charge on any atom is -0.484 e. The number of hydrogen-bond donors (Lipinski definition) is 1. The van der Waals surface area contributed by atoms with Crippen LogP contribution < -0.4 is 10.1 Å². The summed E-state index contributed by atoms with van der Waals surface area (Å²) in [4.78, 5) is 11.9. The molecule has 1 heterocycles. The third-order valence-corrected chi connectivity index (χ3v) is 4.60. The van der Waals surface area contributed by atoms with E-state index in [2.05, 4.69) is 15.5 Å². The van der Waals surface area contributed by atoms with Gasteiger partial charge in [0, 0.05) is 0 Å². The number of anilines is 1. The summed E-state index contributed by atoms with van der Waals surface area (Å²) in [7, 11) is 0. The van der Waals surface area contributed by atoms with Crippen molar-refractivity contribution in [2.24, 2.45) is 0 Å². The summed E-state index contributed by atoms with van der Waals surface area (Å²) in [6.45, 7) is 3.92. The van der Waals surface area contributed by atoms with Gasteiger partial charge in [-0.05, 0) is 43.2 Å². The molecular formula is C19H16F3N3O3S. The number of nitrogens with zero attached hydrogens (tertiary/aromatic N) is 2. The van der Waals surface area contributed by atoms with Crippen molar-refractivity contribution in [2.45, 2.75) is 25.7 Å². The lowest BCUT2D eigenvalue weighted by atomic mass is 10.1. The van der Waals surface area contributed by atoms with Gasteiger partial charge >= 0.3 is 0 Å². The third kappa shape index (κ3) is 5.29. The van der Waals surface area contributed by atoms with Crippen LogP contribution in [0.5, 0.6) is 5.75 Å². The maximum Gasteiger partial charge on any atom is 0.277 e. The van der Waals surface area contributed by atoms with E-state index >= 15 is 0 Å². The van der Waals surface area contributed by atoms with Gasteiger partial charge in [-0.2, -0.15) is 0 Å². The lowest BCUT2D eigenvalue weighted by Gasteiger charge is -2.07. The van der Waals surface area contributed by atoms with Crippen molar-refractivity contribution in [2.75, 3.05) is 11.1 Å². The molecule has 0 saturated heterocycles. The van der Waals surface area contributed by atoms with E-state index in [1.54, 1.807) is 0 Å². The van der Waals surface area contributed by atoms with Gasteiger partial charge in [0.25, 0.3) is 11.1 Å². The van der Waals surface area contributed by atoms with Gasteiger partial charge in [-0.25, -0.2) is 13.2 Å². The molecule has 1 N–H and O–H groups in total. The molecule has 0 spiro atoms. The Labute approximate surface area is 168 Å². The van der Waals surface area contributed by atoms with Crippen LogP contribution in [0, 0.1) is 31.3 Å². The smallest absolute Gasteiger partial charge is 0.277 e. The summed E-state index contributed by atoms with van der Waals surface area (Å²) >= 11 is 0.911. The zero-order valence-electron chi connectivity index (χ0n) is 15.5. The van der Waals surface area contributed by atoms with Crippen molar-refractivity contribution in [1.29, 1.82) is 0 Å². The first-order valence-electron chi connectivity index (χ1n) is 8.42. The molecule has 0 unspecified atom stereocenters. The lowest BCUT2D eigenvalue weighted by molar-refractivity contribution is -0.113. The molecule has 29 heavy (non-hydrogen) atoms. The monoisotopic (exact) mass is 423 g/mol. The van der Waals surface area contributed by atoms with Gasteiger partial charge in [-0.3, -0.25) is 4.79 Å². The van der Waals surface area contributed by atoms with Crippen LogP contribution in [-0.2, 0) is 11.4 Å². The van der Waals surface area contributed by atoms with Crippen molar-refractivity contribution >= 4 is 23.4 Å². The first kappa shape index (κ1) is 20.7. The highest BCUT2D eigenvalue weighted by molar-refractivity contribution is 7.99. The first-order valence-corrected chi connectivity index (χ1v) is 9.40. The van der Waals surface area contributed by atoms with Gasteiger partial charge < -0.3 is 14.5 Å². The van der Waals surface area contributed by atoms with Crippen molar-refractivity contribution in [1.82, 2.24) is 10.2 Å². The number of benzene rings is 2. The van der Waals surface area contributed by atoms with Crippen LogP contribution >= 0.6 is 11.8 Å². The van der Waals surface area contributed by atoms with E-state index in [-0.39, 0.29) is 23.5 Å². The zero-order valence-corrected chi connectivity index (χ0v) is 16.3. The van der Waals surface area contributed by atoms with Gasteiger partial charge in [-0.1, -0.05) is 23.9 Å². The second-order valence-electron chi connectivity index (χ2n) is 6.08. The van der Waals surface area contributed by atoms with E-state index in [0.717, 1.165) is 35.0 Å². The van der Waals surface area contributed by atoms with Gasteiger partial charge in [-0.15, -0.1) is 10.2 Å². The normalized spacial score (nSPS) is 10.8. The second kappa shape index (κ2) is 8.99. The number of nitrogens with one attached hydrogen (secondary N) is 1. The summed E-state index contributed by atoms with van der Waals surface area (Å²) in [5.41, 5.74) is 1.56. The van der Waals surface area contributed by atoms with Crippen LogP contribution in [0.2, 0.25) is 0 Å². The fourth-order valence-corrected chi connectivity index (χ4v) is 2.87. The number of halogens is 3. The Bertz CT molecular complexity index is 1040. The highest BCUT2D eigenvalue weighted by Gasteiger charge is 2.16. The van der Waals surface area contributed by atoms with Crippen molar-refractivity contribution in [3.05, 3.63) is 64.8 Å². The van der Waals surface area contributed by atoms with E-state index in [1.807, 2.05) is 32.0 Å². The number of amides is 1. The van der Waals surface area contributed by atoms with Crippen LogP contribution in [0.4, 0.5) is 18.9 Å². The average molecular weight is 423 g/mol. The molecule has 0 saturated carbocycles. The topological polar surface area (TPSA) is 77.2 Å². The third-order valence-electron chi connectivity index (χ3n) is 3.78. The molecule has 152 valence electrons. The van der Waals surface area contributed by atoms with E-state index in [1.165, 1.54) is 0 Å². The highest BCUT2D eigenvalue weighted by atomic mass is 32.2. The highest BCUT2D eigenvalue weighted by Crippen LogP contribution is 2.23. The van der Waals surface area contributed by atoms with E-state index in [9.17, 15) is 18.0 Å². The van der Waals surface area contributed by atoms with E-state index in [4.69, 9.17) is 9.15 Å². The number of rotatable bonds is 7. The molecule has 10 heteroatoms. The number of thioether (sulfide) groups is 1. The number of ether oxygens (including phenoxy) is 1. The Morgan fingerprint density at radius 1 is 1.14 bits per heavy atom. The Hall–Kier alpha value is -3.01. The summed E-state index contributed by atoms with van der Waals surface area (Å²) in [5.74, 6) is -4.38. The largest absolute Gasteiger partial charge is 0.484 e. The Morgan fingerprint density at radius 3 is 2.72 bits per heavy atom. The fraction of sp³-hybridized carbons (Fsp3) is 0.211. The van der Waals surface area contributed by atoms with Gasteiger partial charge in [0.1, 0.15) is 5.75 Å². The second-order valence-corrected chi connectivity index (χ2v) is 7.01. The molecule has 2 aromatic carbocycles. The first-order chi connectivity index (χ1) is 13.8. The summed E-state index contributed by atoms with van der Waals surface area (Å²) < 4.78 is 50.7. The molecule has 0 radical (unpaired) electrons. The molecule has 3 rings (SSSR count). The molecule has 6 nitrogen and oxygen atoms in total. The lowest BCUT2D eigenvalue weighted by Crippen LogP contribution is -2.15. The average Bonchev–Trinajstić information content (AvgIpc) is 3.15. The zero-order chi connectivity index (χ0) is 21.0. The quantitative estimate of drug-likeness (QED) is 0.448. The van der Waals surface area contributed by atoms with Crippen molar-refractivity contribution in [3.63, 3.8) is 0 Å². The minimum atomic E-state index is -1.65. The standard InChI is InChI=1S/C19H16F3N3O3S/c1-10-3-4-11(2)14(7-10)27-8-16-24-25-19(28-16)29-9-15(26)23-13-6-5-12(20)17(21)18(13)22/h3-7H,8-9H2,1-2H3,(H,23,26). The Morgan fingerprint density at radius 2 is 1.93 bits per heavy atom. The van der Waals surface area contributed by atoms with Crippen LogP contribution in [0.15, 0.2) is 40.0 Å². The van der Waals surface area contributed by atoms with Gasteiger partial charge in [0.05, 0.1) is 11.4 Å². The molecular weight excluding hydrogens is 407 g/mol. The summed E-state index contributed by atoms with van der Waals surface area (Å²) in [5, 5.41) is 9.90. The number of carbonyl (C=O) groups is 1.